The summed E-state index contributed by atoms with van der Waals surface area (Å²) in [7, 11) is 4.33. The molecule has 1 fully saturated rings. The number of benzene rings is 1. The van der Waals surface area contributed by atoms with E-state index in [0.717, 1.165) is 31.1 Å². The molecule has 1 aromatic carbocycles. The molecule has 20 heavy (non-hydrogen) atoms. The SMILES string of the molecule is CCOc1ccc(N)cc1CN1CC(C)C(N(C)C)C1. The van der Waals surface area contributed by atoms with Gasteiger partial charge in [0.2, 0.25) is 0 Å². The summed E-state index contributed by atoms with van der Waals surface area (Å²) in [6.07, 6.45) is 0. The molecular weight excluding hydrogens is 250 g/mol. The van der Waals surface area contributed by atoms with E-state index in [0.29, 0.717) is 18.6 Å². The van der Waals surface area contributed by atoms with Gasteiger partial charge in [0.25, 0.3) is 0 Å². The highest BCUT2D eigenvalue weighted by Crippen LogP contribution is 2.27. The number of likely N-dealkylation sites (tertiary alicyclic amines) is 1. The average molecular weight is 277 g/mol. The second-order valence-electron chi connectivity index (χ2n) is 6.00. The van der Waals surface area contributed by atoms with Crippen LogP contribution in [-0.4, -0.2) is 49.6 Å². The van der Waals surface area contributed by atoms with Crippen molar-refractivity contribution in [3.63, 3.8) is 0 Å². The molecule has 2 atom stereocenters. The van der Waals surface area contributed by atoms with Crippen LogP contribution < -0.4 is 10.5 Å². The van der Waals surface area contributed by atoms with Crippen LogP contribution in [0.2, 0.25) is 0 Å². The fraction of sp³-hybridized carbons (Fsp3) is 0.625. The van der Waals surface area contributed by atoms with Gasteiger partial charge in [-0.05, 0) is 45.1 Å². The topological polar surface area (TPSA) is 41.7 Å². The minimum atomic E-state index is 0.631. The number of hydrogen-bond acceptors (Lipinski definition) is 4. The van der Waals surface area contributed by atoms with Crippen molar-refractivity contribution in [2.45, 2.75) is 26.4 Å². The Balaban J connectivity index is 2.08. The number of nitrogens with zero attached hydrogens (tertiary/aromatic N) is 2. The zero-order valence-corrected chi connectivity index (χ0v) is 13.1. The summed E-state index contributed by atoms with van der Waals surface area (Å²) in [6, 6.07) is 6.56. The number of ether oxygens (including phenoxy) is 1. The Morgan fingerprint density at radius 1 is 1.35 bits per heavy atom. The van der Waals surface area contributed by atoms with Crippen molar-refractivity contribution in [3.8, 4) is 5.75 Å². The molecule has 0 bridgehead atoms. The summed E-state index contributed by atoms with van der Waals surface area (Å²) in [4.78, 5) is 4.82. The van der Waals surface area contributed by atoms with Crippen LogP contribution in [-0.2, 0) is 6.54 Å². The highest BCUT2D eigenvalue weighted by Gasteiger charge is 2.31. The number of nitrogens with two attached hydrogens (primary N) is 1. The van der Waals surface area contributed by atoms with Crippen LogP contribution in [0, 0.1) is 5.92 Å². The van der Waals surface area contributed by atoms with E-state index in [1.54, 1.807) is 0 Å². The van der Waals surface area contributed by atoms with E-state index in [9.17, 15) is 0 Å². The van der Waals surface area contributed by atoms with Crippen molar-refractivity contribution < 1.29 is 4.74 Å². The second kappa shape index (κ2) is 6.46. The highest BCUT2D eigenvalue weighted by atomic mass is 16.5. The summed E-state index contributed by atoms with van der Waals surface area (Å²) < 4.78 is 5.71. The summed E-state index contributed by atoms with van der Waals surface area (Å²) in [5.74, 6) is 1.66. The van der Waals surface area contributed by atoms with Crippen molar-refractivity contribution in [2.75, 3.05) is 39.5 Å². The number of likely N-dealkylation sites (N-methyl/N-ethyl adjacent to an activating group) is 1. The molecule has 0 radical (unpaired) electrons. The zero-order chi connectivity index (χ0) is 14.7. The lowest BCUT2D eigenvalue weighted by Gasteiger charge is -2.23. The largest absolute Gasteiger partial charge is 0.494 e. The molecule has 2 rings (SSSR count). The summed E-state index contributed by atoms with van der Waals surface area (Å²) in [5, 5.41) is 0. The normalized spacial score (nSPS) is 23.4. The molecule has 0 spiro atoms. The minimum absolute atomic E-state index is 0.631. The smallest absolute Gasteiger partial charge is 0.123 e. The molecule has 1 aliphatic heterocycles. The van der Waals surface area contributed by atoms with Gasteiger partial charge >= 0.3 is 0 Å². The molecule has 1 aromatic rings. The Morgan fingerprint density at radius 3 is 2.70 bits per heavy atom. The lowest BCUT2D eigenvalue weighted by Crippen LogP contribution is -2.34. The number of rotatable bonds is 5. The van der Waals surface area contributed by atoms with E-state index in [-0.39, 0.29) is 0 Å². The van der Waals surface area contributed by atoms with Crippen LogP contribution in [0.4, 0.5) is 5.69 Å². The Bertz CT molecular complexity index is 447. The predicted octanol–water partition coefficient (Wildman–Crippen LogP) is 2.05. The molecule has 0 amide bonds. The summed E-state index contributed by atoms with van der Waals surface area (Å²) in [6.45, 7) is 8.17. The van der Waals surface area contributed by atoms with Gasteiger partial charge in [-0.2, -0.15) is 0 Å². The van der Waals surface area contributed by atoms with Crippen molar-refractivity contribution in [1.29, 1.82) is 0 Å². The molecule has 4 nitrogen and oxygen atoms in total. The molecular formula is C16H27N3O. The van der Waals surface area contributed by atoms with E-state index >= 15 is 0 Å². The number of nitrogen functional groups attached to an aromatic ring is 1. The lowest BCUT2D eigenvalue weighted by molar-refractivity contribution is 0.248. The average Bonchev–Trinajstić information content (AvgIpc) is 2.74. The third-order valence-corrected chi connectivity index (χ3v) is 4.09. The molecule has 0 saturated carbocycles. The van der Waals surface area contributed by atoms with Gasteiger partial charge in [0.05, 0.1) is 6.61 Å². The Labute approximate surface area is 122 Å². The van der Waals surface area contributed by atoms with Gasteiger partial charge in [0, 0.05) is 36.9 Å². The quantitative estimate of drug-likeness (QED) is 0.836. The molecule has 4 heteroatoms. The molecule has 0 aromatic heterocycles. The van der Waals surface area contributed by atoms with Crippen LogP contribution in [0.25, 0.3) is 0 Å². The van der Waals surface area contributed by atoms with Crippen molar-refractivity contribution in [1.82, 2.24) is 9.80 Å². The molecule has 2 unspecified atom stereocenters. The van der Waals surface area contributed by atoms with Crippen molar-refractivity contribution in [2.24, 2.45) is 5.92 Å². The number of anilines is 1. The van der Waals surface area contributed by atoms with Crippen LogP contribution >= 0.6 is 0 Å². The molecule has 112 valence electrons. The van der Waals surface area contributed by atoms with Crippen molar-refractivity contribution >= 4 is 5.69 Å². The first-order valence-corrected chi connectivity index (χ1v) is 7.41. The standard InChI is InChI=1S/C16H27N3O/c1-5-20-16-7-6-14(17)8-13(16)10-19-9-12(2)15(11-19)18(3)4/h6-8,12,15H,5,9-11,17H2,1-4H3. The maximum atomic E-state index is 5.92. The van der Waals surface area contributed by atoms with E-state index < -0.39 is 0 Å². The maximum absolute atomic E-state index is 5.92. The number of hydrogen-bond donors (Lipinski definition) is 1. The summed E-state index contributed by atoms with van der Waals surface area (Å²) in [5.41, 5.74) is 7.92. The first-order valence-electron chi connectivity index (χ1n) is 7.41. The van der Waals surface area contributed by atoms with Gasteiger partial charge < -0.3 is 15.4 Å². The molecule has 0 aliphatic carbocycles. The van der Waals surface area contributed by atoms with Gasteiger partial charge in [-0.15, -0.1) is 0 Å². The van der Waals surface area contributed by atoms with Gasteiger partial charge in [-0.25, -0.2) is 0 Å². The first kappa shape index (κ1) is 15.1. The van der Waals surface area contributed by atoms with Crippen molar-refractivity contribution in [3.05, 3.63) is 23.8 Å². The predicted molar refractivity (Wildman–Crippen MR) is 83.9 cm³/mol. The Kier molecular flexibility index (Phi) is 4.89. The van der Waals surface area contributed by atoms with Gasteiger partial charge in [-0.1, -0.05) is 6.92 Å². The molecule has 2 N–H and O–H groups in total. The van der Waals surface area contributed by atoms with Crippen LogP contribution in [0.5, 0.6) is 5.75 Å². The third kappa shape index (κ3) is 3.44. The molecule has 1 aliphatic rings. The van der Waals surface area contributed by atoms with E-state index in [2.05, 4.69) is 30.8 Å². The van der Waals surface area contributed by atoms with Gasteiger partial charge in [-0.3, -0.25) is 4.90 Å². The van der Waals surface area contributed by atoms with Gasteiger partial charge in [0.15, 0.2) is 0 Å². The molecule has 1 saturated heterocycles. The maximum Gasteiger partial charge on any atom is 0.123 e. The Morgan fingerprint density at radius 2 is 2.10 bits per heavy atom. The van der Waals surface area contributed by atoms with E-state index in [4.69, 9.17) is 10.5 Å². The first-order chi connectivity index (χ1) is 9.51. The fourth-order valence-corrected chi connectivity index (χ4v) is 3.11. The van der Waals surface area contributed by atoms with Gasteiger partial charge in [0.1, 0.15) is 5.75 Å². The Hall–Kier alpha value is -1.26. The monoisotopic (exact) mass is 277 g/mol. The van der Waals surface area contributed by atoms with E-state index in [1.165, 1.54) is 5.56 Å². The summed E-state index contributed by atoms with van der Waals surface area (Å²) >= 11 is 0. The minimum Gasteiger partial charge on any atom is -0.494 e. The lowest BCUT2D eigenvalue weighted by atomic mass is 10.1. The van der Waals surface area contributed by atoms with E-state index in [1.807, 2.05) is 25.1 Å². The highest BCUT2D eigenvalue weighted by molar-refractivity contribution is 5.47. The van der Waals surface area contributed by atoms with Crippen LogP contribution in [0.3, 0.4) is 0 Å². The second-order valence-corrected chi connectivity index (χ2v) is 6.00. The van der Waals surface area contributed by atoms with Crippen LogP contribution in [0.1, 0.15) is 19.4 Å². The third-order valence-electron chi connectivity index (χ3n) is 4.09. The van der Waals surface area contributed by atoms with Crippen LogP contribution in [0.15, 0.2) is 18.2 Å². The molecule has 1 heterocycles. The fourth-order valence-electron chi connectivity index (χ4n) is 3.11. The zero-order valence-electron chi connectivity index (χ0n) is 13.1.